The molecule has 0 aromatic heterocycles. The lowest BCUT2D eigenvalue weighted by atomic mass is 9.60. The van der Waals surface area contributed by atoms with Gasteiger partial charge in [-0.1, -0.05) is 37.3 Å². The third-order valence-corrected chi connectivity index (χ3v) is 5.89. The molecule has 1 heterocycles. The molecule has 21 heavy (non-hydrogen) atoms. The normalized spacial score (nSPS) is 23.6. The molecule has 0 atom stereocenters. The van der Waals surface area contributed by atoms with Crippen molar-refractivity contribution < 1.29 is 0 Å². The molecule has 1 saturated carbocycles. The standard InChI is InChI=1S/C20H27N/c1-3-17-9-11-19(12-10-17)20(13-15-21(2)16-14-20)18-7-5-4-6-8-18/h1,9-12,18H,4-8,13-16H2,2H3. The summed E-state index contributed by atoms with van der Waals surface area (Å²) < 4.78 is 0. The van der Waals surface area contributed by atoms with Crippen LogP contribution in [0.25, 0.3) is 0 Å². The molecule has 0 radical (unpaired) electrons. The van der Waals surface area contributed by atoms with Gasteiger partial charge in [-0.05, 0) is 69.4 Å². The monoisotopic (exact) mass is 281 g/mol. The summed E-state index contributed by atoms with van der Waals surface area (Å²) in [7, 11) is 2.26. The number of likely N-dealkylation sites (tertiary alicyclic amines) is 1. The molecule has 1 aliphatic carbocycles. The average molecular weight is 281 g/mol. The van der Waals surface area contributed by atoms with Gasteiger partial charge in [-0.3, -0.25) is 0 Å². The summed E-state index contributed by atoms with van der Waals surface area (Å²) in [6.07, 6.45) is 15.2. The first kappa shape index (κ1) is 14.7. The second-order valence-electron chi connectivity index (χ2n) is 7.02. The molecular weight excluding hydrogens is 254 g/mol. The van der Waals surface area contributed by atoms with Crippen LogP contribution in [0.3, 0.4) is 0 Å². The van der Waals surface area contributed by atoms with E-state index in [4.69, 9.17) is 6.42 Å². The third-order valence-electron chi connectivity index (χ3n) is 5.89. The molecule has 1 aromatic carbocycles. The fourth-order valence-corrected chi connectivity index (χ4v) is 4.50. The zero-order chi connectivity index (χ0) is 14.7. The van der Waals surface area contributed by atoms with Gasteiger partial charge in [0, 0.05) is 11.0 Å². The van der Waals surface area contributed by atoms with E-state index in [1.807, 2.05) is 0 Å². The third kappa shape index (κ3) is 2.87. The smallest absolute Gasteiger partial charge is 0.0242 e. The van der Waals surface area contributed by atoms with Gasteiger partial charge in [-0.2, -0.15) is 0 Å². The summed E-state index contributed by atoms with van der Waals surface area (Å²) in [5.74, 6) is 3.62. The van der Waals surface area contributed by atoms with Gasteiger partial charge in [-0.15, -0.1) is 6.42 Å². The van der Waals surface area contributed by atoms with Crippen molar-refractivity contribution in [3.05, 3.63) is 35.4 Å². The quantitative estimate of drug-likeness (QED) is 0.734. The fraction of sp³-hybridized carbons (Fsp3) is 0.600. The largest absolute Gasteiger partial charge is 0.306 e. The Hall–Kier alpha value is -1.26. The summed E-state index contributed by atoms with van der Waals surface area (Å²) in [6, 6.07) is 8.90. The predicted molar refractivity (Wildman–Crippen MR) is 89.4 cm³/mol. The van der Waals surface area contributed by atoms with E-state index < -0.39 is 0 Å². The molecule has 2 aliphatic rings. The minimum atomic E-state index is 0.403. The number of nitrogens with zero attached hydrogens (tertiary/aromatic N) is 1. The Labute approximate surface area is 129 Å². The van der Waals surface area contributed by atoms with Crippen molar-refractivity contribution in [2.24, 2.45) is 5.92 Å². The summed E-state index contributed by atoms with van der Waals surface area (Å²) in [5.41, 5.74) is 2.95. The van der Waals surface area contributed by atoms with Crippen molar-refractivity contribution >= 4 is 0 Å². The van der Waals surface area contributed by atoms with E-state index in [-0.39, 0.29) is 0 Å². The molecule has 0 spiro atoms. The van der Waals surface area contributed by atoms with E-state index in [1.165, 1.54) is 58.0 Å². The number of rotatable bonds is 2. The Kier molecular flexibility index (Phi) is 4.36. The van der Waals surface area contributed by atoms with Crippen molar-refractivity contribution in [3.63, 3.8) is 0 Å². The van der Waals surface area contributed by atoms with Crippen LogP contribution in [0, 0.1) is 18.3 Å². The lowest BCUT2D eigenvalue weighted by molar-refractivity contribution is 0.106. The summed E-state index contributed by atoms with van der Waals surface area (Å²) >= 11 is 0. The number of hydrogen-bond donors (Lipinski definition) is 0. The number of benzene rings is 1. The van der Waals surface area contributed by atoms with E-state index in [0.717, 1.165) is 11.5 Å². The Morgan fingerprint density at radius 3 is 2.24 bits per heavy atom. The van der Waals surface area contributed by atoms with Gasteiger partial charge in [0.2, 0.25) is 0 Å². The highest BCUT2D eigenvalue weighted by Crippen LogP contribution is 2.47. The van der Waals surface area contributed by atoms with Crippen molar-refractivity contribution in [2.75, 3.05) is 20.1 Å². The van der Waals surface area contributed by atoms with Crippen LogP contribution in [-0.2, 0) is 5.41 Å². The highest BCUT2D eigenvalue weighted by atomic mass is 15.1. The van der Waals surface area contributed by atoms with Gasteiger partial charge in [0.15, 0.2) is 0 Å². The molecule has 0 bridgehead atoms. The van der Waals surface area contributed by atoms with E-state index in [2.05, 4.69) is 42.1 Å². The number of terminal acetylenes is 1. The van der Waals surface area contributed by atoms with Crippen LogP contribution < -0.4 is 0 Å². The molecule has 1 aromatic rings. The average Bonchev–Trinajstić information content (AvgIpc) is 2.57. The fourth-order valence-electron chi connectivity index (χ4n) is 4.50. The van der Waals surface area contributed by atoms with Crippen LogP contribution in [0.5, 0.6) is 0 Å². The summed E-state index contributed by atoms with van der Waals surface area (Å²) in [4.78, 5) is 2.48. The lowest BCUT2D eigenvalue weighted by Gasteiger charge is -2.48. The second kappa shape index (κ2) is 6.24. The molecular formula is C20H27N. The Balaban J connectivity index is 1.92. The highest BCUT2D eigenvalue weighted by molar-refractivity contribution is 5.38. The van der Waals surface area contributed by atoms with Crippen LogP contribution in [0.4, 0.5) is 0 Å². The highest BCUT2D eigenvalue weighted by Gasteiger charge is 2.42. The van der Waals surface area contributed by atoms with Crippen LogP contribution in [0.1, 0.15) is 56.1 Å². The van der Waals surface area contributed by atoms with Gasteiger partial charge in [0.25, 0.3) is 0 Å². The molecule has 2 fully saturated rings. The zero-order valence-electron chi connectivity index (χ0n) is 13.3. The summed E-state index contributed by atoms with van der Waals surface area (Å²) in [5, 5.41) is 0. The van der Waals surface area contributed by atoms with E-state index in [0.29, 0.717) is 5.41 Å². The zero-order valence-corrected chi connectivity index (χ0v) is 13.3. The maximum Gasteiger partial charge on any atom is 0.0242 e. The molecule has 1 saturated heterocycles. The van der Waals surface area contributed by atoms with Crippen LogP contribution in [0.15, 0.2) is 24.3 Å². The Morgan fingerprint density at radius 1 is 1.05 bits per heavy atom. The first-order valence-electron chi connectivity index (χ1n) is 8.50. The first-order chi connectivity index (χ1) is 10.2. The van der Waals surface area contributed by atoms with Crippen LogP contribution >= 0.6 is 0 Å². The molecule has 0 unspecified atom stereocenters. The first-order valence-corrected chi connectivity index (χ1v) is 8.50. The maximum atomic E-state index is 5.52. The van der Waals surface area contributed by atoms with Gasteiger partial charge in [0.05, 0.1) is 0 Å². The van der Waals surface area contributed by atoms with Gasteiger partial charge in [0.1, 0.15) is 0 Å². The van der Waals surface area contributed by atoms with Crippen molar-refractivity contribution in [3.8, 4) is 12.3 Å². The Bertz CT molecular complexity index is 494. The van der Waals surface area contributed by atoms with Crippen molar-refractivity contribution in [2.45, 2.75) is 50.4 Å². The van der Waals surface area contributed by atoms with Crippen molar-refractivity contribution in [1.82, 2.24) is 4.90 Å². The van der Waals surface area contributed by atoms with Crippen molar-refractivity contribution in [1.29, 1.82) is 0 Å². The van der Waals surface area contributed by atoms with Crippen LogP contribution in [0.2, 0.25) is 0 Å². The van der Waals surface area contributed by atoms with E-state index >= 15 is 0 Å². The van der Waals surface area contributed by atoms with Gasteiger partial charge >= 0.3 is 0 Å². The van der Waals surface area contributed by atoms with Gasteiger partial charge < -0.3 is 4.90 Å². The van der Waals surface area contributed by atoms with Crippen LogP contribution in [-0.4, -0.2) is 25.0 Å². The van der Waals surface area contributed by atoms with Gasteiger partial charge in [-0.25, -0.2) is 0 Å². The second-order valence-corrected chi connectivity index (χ2v) is 7.02. The van der Waals surface area contributed by atoms with E-state index in [1.54, 1.807) is 5.56 Å². The SMILES string of the molecule is C#Cc1ccc(C2(C3CCCCC3)CCN(C)CC2)cc1. The topological polar surface area (TPSA) is 3.24 Å². The minimum absolute atomic E-state index is 0.403. The summed E-state index contributed by atoms with van der Waals surface area (Å²) in [6.45, 7) is 2.46. The minimum Gasteiger partial charge on any atom is -0.306 e. The van der Waals surface area contributed by atoms with E-state index in [9.17, 15) is 0 Å². The maximum absolute atomic E-state index is 5.52. The number of hydrogen-bond acceptors (Lipinski definition) is 1. The molecule has 3 rings (SSSR count). The molecule has 0 N–H and O–H groups in total. The molecule has 1 aliphatic heterocycles. The molecule has 0 amide bonds. The lowest BCUT2D eigenvalue weighted by Crippen LogP contribution is -2.46. The predicted octanol–water partition coefficient (Wildman–Crippen LogP) is 4.21. The number of piperidine rings is 1. The molecule has 112 valence electrons. The molecule has 1 heteroatoms. The Morgan fingerprint density at radius 2 is 1.67 bits per heavy atom. The molecule has 1 nitrogen and oxygen atoms in total.